The molecule has 1 aromatic carbocycles. The van der Waals surface area contributed by atoms with Gasteiger partial charge in [-0.1, -0.05) is 13.8 Å². The first-order valence-electron chi connectivity index (χ1n) is 5.21. The number of nitrogens with one attached hydrogen (secondary N) is 1. The molecule has 0 unspecified atom stereocenters. The highest BCUT2D eigenvalue weighted by Gasteiger charge is 2.10. The van der Waals surface area contributed by atoms with Crippen molar-refractivity contribution in [3.05, 3.63) is 23.3 Å². The maximum absolute atomic E-state index is 11.0. The van der Waals surface area contributed by atoms with Gasteiger partial charge in [0.05, 0.1) is 0 Å². The van der Waals surface area contributed by atoms with Crippen LogP contribution in [0, 0.1) is 0 Å². The molecule has 2 N–H and O–H groups in total. The van der Waals surface area contributed by atoms with Gasteiger partial charge in [-0.25, -0.2) is 0 Å². The first-order chi connectivity index (χ1) is 7.10. The number of anilines is 1. The van der Waals surface area contributed by atoms with E-state index in [1.807, 2.05) is 13.8 Å². The number of amides is 1. The third-order valence-electron chi connectivity index (χ3n) is 2.42. The molecule has 3 nitrogen and oxygen atoms in total. The SMILES string of the molecule is CCc1c(O)ccc(NC(C)=O)c1CC. The Bertz CT molecular complexity index is 372. The van der Waals surface area contributed by atoms with Crippen LogP contribution in [0.3, 0.4) is 0 Å². The first kappa shape index (κ1) is 11.6. The largest absolute Gasteiger partial charge is 0.508 e. The number of carbonyl (C=O) groups excluding carboxylic acids is 1. The van der Waals surface area contributed by atoms with Gasteiger partial charge in [-0.2, -0.15) is 0 Å². The van der Waals surface area contributed by atoms with Crippen molar-refractivity contribution in [2.75, 3.05) is 5.32 Å². The van der Waals surface area contributed by atoms with E-state index in [1.54, 1.807) is 12.1 Å². The third-order valence-corrected chi connectivity index (χ3v) is 2.42. The van der Waals surface area contributed by atoms with Gasteiger partial charge >= 0.3 is 0 Å². The fraction of sp³-hybridized carbons (Fsp3) is 0.417. The van der Waals surface area contributed by atoms with Crippen LogP contribution >= 0.6 is 0 Å². The molecule has 82 valence electrons. The van der Waals surface area contributed by atoms with Crippen molar-refractivity contribution >= 4 is 11.6 Å². The molecule has 0 aromatic heterocycles. The van der Waals surface area contributed by atoms with Crippen LogP contribution in [0.1, 0.15) is 31.9 Å². The Morgan fingerprint density at radius 3 is 2.33 bits per heavy atom. The molecule has 0 atom stereocenters. The number of hydrogen-bond donors (Lipinski definition) is 2. The molecule has 15 heavy (non-hydrogen) atoms. The lowest BCUT2D eigenvalue weighted by atomic mass is 9.99. The summed E-state index contributed by atoms with van der Waals surface area (Å²) in [5, 5.41) is 12.4. The number of phenols is 1. The molecular formula is C12H17NO2. The number of benzene rings is 1. The minimum Gasteiger partial charge on any atom is -0.508 e. The van der Waals surface area contributed by atoms with Gasteiger partial charge < -0.3 is 10.4 Å². The molecule has 1 amide bonds. The Hall–Kier alpha value is -1.51. The number of carbonyl (C=O) groups is 1. The lowest BCUT2D eigenvalue weighted by molar-refractivity contribution is -0.114. The lowest BCUT2D eigenvalue weighted by Gasteiger charge is -2.14. The molecule has 0 aliphatic heterocycles. The third kappa shape index (κ3) is 2.49. The number of phenolic OH excluding ortho intramolecular Hbond substituents is 1. The fourth-order valence-corrected chi connectivity index (χ4v) is 1.79. The molecule has 3 heteroatoms. The summed E-state index contributed by atoms with van der Waals surface area (Å²) in [7, 11) is 0. The highest BCUT2D eigenvalue weighted by molar-refractivity contribution is 5.90. The quantitative estimate of drug-likeness (QED) is 0.748. The van der Waals surface area contributed by atoms with Gasteiger partial charge in [-0.15, -0.1) is 0 Å². The molecule has 0 aliphatic carbocycles. The van der Waals surface area contributed by atoms with Gasteiger partial charge in [0, 0.05) is 12.6 Å². The molecule has 0 radical (unpaired) electrons. The summed E-state index contributed by atoms with van der Waals surface area (Å²) in [6.45, 7) is 5.49. The summed E-state index contributed by atoms with van der Waals surface area (Å²) in [5.74, 6) is 0.223. The van der Waals surface area contributed by atoms with E-state index in [0.717, 1.165) is 29.7 Å². The fourth-order valence-electron chi connectivity index (χ4n) is 1.79. The van der Waals surface area contributed by atoms with Crippen LogP contribution in [0.5, 0.6) is 5.75 Å². The highest BCUT2D eigenvalue weighted by atomic mass is 16.3. The molecule has 0 bridgehead atoms. The molecular weight excluding hydrogens is 190 g/mol. The van der Waals surface area contributed by atoms with Gasteiger partial charge in [0.25, 0.3) is 0 Å². The van der Waals surface area contributed by atoms with Crippen LogP contribution in [0.4, 0.5) is 5.69 Å². The Morgan fingerprint density at radius 2 is 1.87 bits per heavy atom. The topological polar surface area (TPSA) is 49.3 Å². The van der Waals surface area contributed by atoms with E-state index in [-0.39, 0.29) is 5.91 Å². The zero-order valence-corrected chi connectivity index (χ0v) is 9.42. The first-order valence-corrected chi connectivity index (χ1v) is 5.21. The predicted molar refractivity (Wildman–Crippen MR) is 61.2 cm³/mol. The number of hydrogen-bond acceptors (Lipinski definition) is 2. The van der Waals surface area contributed by atoms with E-state index in [1.165, 1.54) is 6.92 Å². The predicted octanol–water partition coefficient (Wildman–Crippen LogP) is 2.48. The molecule has 0 heterocycles. The molecule has 1 rings (SSSR count). The van der Waals surface area contributed by atoms with Crippen molar-refractivity contribution in [3.8, 4) is 5.75 Å². The maximum Gasteiger partial charge on any atom is 0.221 e. The maximum atomic E-state index is 11.0. The van der Waals surface area contributed by atoms with Crippen LogP contribution in [0.15, 0.2) is 12.1 Å². The molecule has 0 fully saturated rings. The number of rotatable bonds is 3. The van der Waals surface area contributed by atoms with Crippen LogP contribution in [-0.2, 0) is 17.6 Å². The second-order valence-corrected chi connectivity index (χ2v) is 3.48. The van der Waals surface area contributed by atoms with Crippen molar-refractivity contribution in [1.82, 2.24) is 0 Å². The van der Waals surface area contributed by atoms with E-state index in [2.05, 4.69) is 5.32 Å². The van der Waals surface area contributed by atoms with Crippen LogP contribution in [0.2, 0.25) is 0 Å². The molecule has 0 aliphatic rings. The standard InChI is InChI=1S/C12H17NO2/c1-4-9-10(5-2)12(15)7-6-11(9)13-8(3)14/h6-7,15H,4-5H2,1-3H3,(H,13,14). The summed E-state index contributed by atoms with van der Waals surface area (Å²) < 4.78 is 0. The van der Waals surface area contributed by atoms with E-state index in [4.69, 9.17) is 0 Å². The van der Waals surface area contributed by atoms with Crippen molar-refractivity contribution in [2.45, 2.75) is 33.6 Å². The average molecular weight is 207 g/mol. The second-order valence-electron chi connectivity index (χ2n) is 3.48. The Balaban J connectivity index is 3.22. The smallest absolute Gasteiger partial charge is 0.221 e. The normalized spacial score (nSPS) is 10.1. The van der Waals surface area contributed by atoms with Gasteiger partial charge in [-0.3, -0.25) is 4.79 Å². The van der Waals surface area contributed by atoms with E-state index in [9.17, 15) is 9.90 Å². The van der Waals surface area contributed by atoms with Gasteiger partial charge in [0.2, 0.25) is 5.91 Å². The molecule has 0 spiro atoms. The van der Waals surface area contributed by atoms with Crippen LogP contribution in [-0.4, -0.2) is 11.0 Å². The lowest BCUT2D eigenvalue weighted by Crippen LogP contribution is -2.09. The van der Waals surface area contributed by atoms with Gasteiger partial charge in [0.15, 0.2) is 0 Å². The summed E-state index contributed by atoms with van der Waals surface area (Å²) in [6, 6.07) is 3.37. The Labute approximate surface area is 90.1 Å². The van der Waals surface area contributed by atoms with Crippen molar-refractivity contribution < 1.29 is 9.90 Å². The highest BCUT2D eigenvalue weighted by Crippen LogP contribution is 2.28. The summed E-state index contributed by atoms with van der Waals surface area (Å²) >= 11 is 0. The van der Waals surface area contributed by atoms with Crippen LogP contribution in [0.25, 0.3) is 0 Å². The van der Waals surface area contributed by atoms with E-state index >= 15 is 0 Å². The minimum atomic E-state index is -0.0857. The van der Waals surface area contributed by atoms with E-state index < -0.39 is 0 Å². The van der Waals surface area contributed by atoms with Crippen molar-refractivity contribution in [2.24, 2.45) is 0 Å². The summed E-state index contributed by atoms with van der Waals surface area (Å²) in [5.41, 5.74) is 2.75. The molecule has 0 saturated heterocycles. The molecule has 0 saturated carbocycles. The average Bonchev–Trinajstić information content (AvgIpc) is 2.19. The summed E-state index contributed by atoms with van der Waals surface area (Å²) in [6.07, 6.45) is 1.57. The van der Waals surface area contributed by atoms with Gasteiger partial charge in [-0.05, 0) is 36.1 Å². The second kappa shape index (κ2) is 4.82. The monoisotopic (exact) mass is 207 g/mol. The minimum absolute atomic E-state index is 0.0857. The van der Waals surface area contributed by atoms with Crippen LogP contribution < -0.4 is 5.32 Å². The number of aromatic hydroxyl groups is 1. The van der Waals surface area contributed by atoms with E-state index in [0.29, 0.717) is 5.75 Å². The van der Waals surface area contributed by atoms with Crippen molar-refractivity contribution in [1.29, 1.82) is 0 Å². The summed E-state index contributed by atoms with van der Waals surface area (Å²) in [4.78, 5) is 11.0. The molecule has 1 aromatic rings. The zero-order chi connectivity index (χ0) is 11.4. The van der Waals surface area contributed by atoms with Gasteiger partial charge in [0.1, 0.15) is 5.75 Å². The Kier molecular flexibility index (Phi) is 3.72. The van der Waals surface area contributed by atoms with Crippen molar-refractivity contribution in [3.63, 3.8) is 0 Å². The Morgan fingerprint density at radius 1 is 1.27 bits per heavy atom. The zero-order valence-electron chi connectivity index (χ0n) is 9.42.